The van der Waals surface area contributed by atoms with Gasteiger partial charge in [-0.25, -0.2) is 0 Å². The fraction of sp³-hybridized carbons (Fsp3) is 0.818. The fourth-order valence-electron chi connectivity index (χ4n) is 2.54. The average molecular weight is 181 g/mol. The molecule has 0 bridgehead atoms. The van der Waals surface area contributed by atoms with Gasteiger partial charge in [-0.3, -0.25) is 4.90 Å². The van der Waals surface area contributed by atoms with Crippen LogP contribution in [0.25, 0.3) is 0 Å². The highest BCUT2D eigenvalue weighted by Crippen LogP contribution is 2.29. The number of fused-ring (bicyclic) bond motifs is 1. The molecule has 13 heavy (non-hydrogen) atoms. The van der Waals surface area contributed by atoms with E-state index in [2.05, 4.69) is 11.5 Å². The number of morpholine rings is 1. The molecule has 0 aromatic heterocycles. The van der Waals surface area contributed by atoms with E-state index in [0.29, 0.717) is 12.1 Å². The van der Waals surface area contributed by atoms with Gasteiger partial charge in [0.25, 0.3) is 0 Å². The Kier molecular flexibility index (Phi) is 3.01. The quantitative estimate of drug-likeness (QED) is 0.616. The Labute approximate surface area is 80.6 Å². The smallest absolute Gasteiger partial charge is 0.0730 e. The Hall–Kier alpha value is -0.340. The molecule has 0 spiro atoms. The molecule has 2 rings (SSSR count). The molecule has 1 aliphatic carbocycles. The van der Waals surface area contributed by atoms with Crippen molar-refractivity contribution < 1.29 is 4.74 Å². The van der Waals surface area contributed by atoms with Gasteiger partial charge in [-0.05, 0) is 25.7 Å². The van der Waals surface area contributed by atoms with E-state index in [1.54, 1.807) is 0 Å². The first-order chi connectivity index (χ1) is 6.42. The summed E-state index contributed by atoms with van der Waals surface area (Å²) in [6.07, 6.45) is 7.62. The second-order valence-corrected chi connectivity index (χ2v) is 4.02. The first-order valence-corrected chi connectivity index (χ1v) is 5.38. The number of ether oxygens (including phenoxy) is 1. The van der Waals surface area contributed by atoms with Crippen molar-refractivity contribution in [3.8, 4) is 0 Å². The summed E-state index contributed by atoms with van der Waals surface area (Å²) in [6.45, 7) is 7.00. The molecule has 1 aliphatic heterocycles. The minimum absolute atomic E-state index is 0.540. The van der Waals surface area contributed by atoms with Crippen molar-refractivity contribution in [3.63, 3.8) is 0 Å². The van der Waals surface area contributed by atoms with Crippen LogP contribution in [0.5, 0.6) is 0 Å². The van der Waals surface area contributed by atoms with Gasteiger partial charge in [-0.1, -0.05) is 6.08 Å². The molecular weight excluding hydrogens is 162 g/mol. The van der Waals surface area contributed by atoms with E-state index < -0.39 is 0 Å². The molecule has 0 aromatic carbocycles. The molecule has 0 amide bonds. The van der Waals surface area contributed by atoms with Crippen molar-refractivity contribution in [2.24, 2.45) is 0 Å². The van der Waals surface area contributed by atoms with Crippen LogP contribution in [0, 0.1) is 0 Å². The zero-order chi connectivity index (χ0) is 9.10. The van der Waals surface area contributed by atoms with Crippen LogP contribution in [-0.4, -0.2) is 36.7 Å². The van der Waals surface area contributed by atoms with Gasteiger partial charge in [0.1, 0.15) is 0 Å². The molecule has 2 unspecified atom stereocenters. The lowest BCUT2D eigenvalue weighted by atomic mass is 10.1. The van der Waals surface area contributed by atoms with Crippen LogP contribution >= 0.6 is 0 Å². The largest absolute Gasteiger partial charge is 0.375 e. The summed E-state index contributed by atoms with van der Waals surface area (Å²) >= 11 is 0. The normalized spacial score (nSPS) is 34.5. The number of hydrogen-bond donors (Lipinski definition) is 0. The highest BCUT2D eigenvalue weighted by molar-refractivity contribution is 4.89. The second kappa shape index (κ2) is 4.25. The van der Waals surface area contributed by atoms with Gasteiger partial charge < -0.3 is 4.74 Å². The van der Waals surface area contributed by atoms with Crippen LogP contribution in [-0.2, 0) is 4.74 Å². The Morgan fingerprint density at radius 2 is 2.38 bits per heavy atom. The van der Waals surface area contributed by atoms with E-state index in [1.807, 2.05) is 6.08 Å². The number of nitrogens with zero attached hydrogens (tertiary/aromatic N) is 1. The topological polar surface area (TPSA) is 12.5 Å². The average Bonchev–Trinajstić information content (AvgIpc) is 2.62. The van der Waals surface area contributed by atoms with Crippen LogP contribution in [0.2, 0.25) is 0 Å². The van der Waals surface area contributed by atoms with Crippen LogP contribution in [0.15, 0.2) is 12.7 Å². The highest BCUT2D eigenvalue weighted by Gasteiger charge is 2.35. The second-order valence-electron chi connectivity index (χ2n) is 4.02. The third-order valence-corrected chi connectivity index (χ3v) is 3.22. The Balaban J connectivity index is 1.89. The summed E-state index contributed by atoms with van der Waals surface area (Å²) in [5.41, 5.74) is 0. The maximum atomic E-state index is 5.74. The molecule has 0 aromatic rings. The summed E-state index contributed by atoms with van der Waals surface area (Å²) in [6, 6.07) is 0.716. The Morgan fingerprint density at radius 3 is 3.23 bits per heavy atom. The van der Waals surface area contributed by atoms with Crippen molar-refractivity contribution >= 4 is 0 Å². The molecule has 2 nitrogen and oxygen atoms in total. The zero-order valence-electron chi connectivity index (χ0n) is 8.24. The first kappa shape index (κ1) is 9.22. The van der Waals surface area contributed by atoms with Gasteiger partial charge in [0.15, 0.2) is 0 Å². The van der Waals surface area contributed by atoms with Gasteiger partial charge in [0.2, 0.25) is 0 Å². The maximum Gasteiger partial charge on any atom is 0.0730 e. The molecule has 1 saturated heterocycles. The summed E-state index contributed by atoms with van der Waals surface area (Å²) in [5, 5.41) is 0. The summed E-state index contributed by atoms with van der Waals surface area (Å²) in [4.78, 5) is 2.59. The van der Waals surface area contributed by atoms with Gasteiger partial charge >= 0.3 is 0 Å². The lowest BCUT2D eigenvalue weighted by molar-refractivity contribution is -0.0547. The predicted octanol–water partition coefficient (Wildman–Crippen LogP) is 1.82. The number of rotatable bonds is 3. The van der Waals surface area contributed by atoms with E-state index in [1.165, 1.54) is 25.8 Å². The van der Waals surface area contributed by atoms with E-state index >= 15 is 0 Å². The molecule has 1 saturated carbocycles. The lowest BCUT2D eigenvalue weighted by Crippen LogP contribution is -2.48. The first-order valence-electron chi connectivity index (χ1n) is 5.38. The summed E-state index contributed by atoms with van der Waals surface area (Å²) in [5.74, 6) is 0. The van der Waals surface area contributed by atoms with Crippen molar-refractivity contribution in [1.82, 2.24) is 4.90 Å². The summed E-state index contributed by atoms with van der Waals surface area (Å²) < 4.78 is 5.74. The third kappa shape index (κ3) is 1.94. The molecular formula is C11H19NO. The highest BCUT2D eigenvalue weighted by atomic mass is 16.5. The van der Waals surface area contributed by atoms with Crippen LogP contribution < -0.4 is 0 Å². The third-order valence-electron chi connectivity index (χ3n) is 3.22. The number of hydrogen-bond acceptors (Lipinski definition) is 2. The van der Waals surface area contributed by atoms with Gasteiger partial charge in [-0.15, -0.1) is 6.58 Å². The SMILES string of the molecule is C=CCCN1CCOC2CCCC21. The Morgan fingerprint density at radius 1 is 1.46 bits per heavy atom. The maximum absolute atomic E-state index is 5.74. The fourth-order valence-corrected chi connectivity index (χ4v) is 2.54. The molecule has 2 atom stereocenters. The van der Waals surface area contributed by atoms with Gasteiger partial charge in [0.05, 0.1) is 12.7 Å². The van der Waals surface area contributed by atoms with E-state index in [4.69, 9.17) is 4.74 Å². The molecule has 0 radical (unpaired) electrons. The molecule has 1 heterocycles. The van der Waals surface area contributed by atoms with Gasteiger partial charge in [0, 0.05) is 19.1 Å². The molecule has 2 aliphatic rings. The van der Waals surface area contributed by atoms with E-state index in [-0.39, 0.29) is 0 Å². The van der Waals surface area contributed by atoms with Crippen LogP contribution in [0.4, 0.5) is 0 Å². The van der Waals surface area contributed by atoms with Crippen molar-refractivity contribution in [2.45, 2.75) is 37.8 Å². The lowest BCUT2D eigenvalue weighted by Gasteiger charge is -2.37. The van der Waals surface area contributed by atoms with Crippen molar-refractivity contribution in [3.05, 3.63) is 12.7 Å². The zero-order valence-corrected chi connectivity index (χ0v) is 8.24. The molecule has 74 valence electrons. The van der Waals surface area contributed by atoms with Crippen molar-refractivity contribution in [2.75, 3.05) is 19.7 Å². The van der Waals surface area contributed by atoms with Crippen LogP contribution in [0.1, 0.15) is 25.7 Å². The summed E-state index contributed by atoms with van der Waals surface area (Å²) in [7, 11) is 0. The minimum Gasteiger partial charge on any atom is -0.375 e. The molecule has 0 N–H and O–H groups in total. The predicted molar refractivity (Wildman–Crippen MR) is 53.8 cm³/mol. The standard InChI is InChI=1S/C11H19NO/c1-2-3-7-12-8-9-13-11-6-4-5-10(11)12/h2,10-11H,1,3-9H2. The van der Waals surface area contributed by atoms with Gasteiger partial charge in [-0.2, -0.15) is 0 Å². The minimum atomic E-state index is 0.540. The van der Waals surface area contributed by atoms with E-state index in [9.17, 15) is 0 Å². The molecule has 2 heteroatoms. The monoisotopic (exact) mass is 181 g/mol. The van der Waals surface area contributed by atoms with E-state index in [0.717, 1.165) is 19.6 Å². The molecule has 2 fully saturated rings. The van der Waals surface area contributed by atoms with Crippen molar-refractivity contribution in [1.29, 1.82) is 0 Å². The van der Waals surface area contributed by atoms with Crippen LogP contribution in [0.3, 0.4) is 0 Å². The Bertz CT molecular complexity index is 181.